The fourth-order valence-electron chi connectivity index (χ4n) is 1.72. The Kier molecular flexibility index (Phi) is 4.32. The molecule has 0 aromatic carbocycles. The van der Waals surface area contributed by atoms with Crippen LogP contribution >= 0.6 is 0 Å². The predicted molar refractivity (Wildman–Crippen MR) is 72.1 cm³/mol. The smallest absolute Gasteiger partial charge is 0.256 e. The van der Waals surface area contributed by atoms with Gasteiger partial charge in [-0.3, -0.25) is 9.69 Å². The maximum Gasteiger partial charge on any atom is 0.256 e. The number of hydrogen-bond acceptors (Lipinski definition) is 4. The molecule has 0 spiro atoms. The van der Waals surface area contributed by atoms with Gasteiger partial charge in [-0.25, -0.2) is 0 Å². The van der Waals surface area contributed by atoms with Gasteiger partial charge in [0.05, 0.1) is 16.7 Å². The summed E-state index contributed by atoms with van der Waals surface area (Å²) in [5.41, 5.74) is -0.800. The molecule has 110 valence electrons. The van der Waals surface area contributed by atoms with Gasteiger partial charge >= 0.3 is 0 Å². The average Bonchev–Trinajstić information content (AvgIpc) is 2.23. The molecule has 0 saturated heterocycles. The topological polar surface area (TPSA) is 59.0 Å². The van der Waals surface area contributed by atoms with Crippen molar-refractivity contribution in [3.8, 4) is 0 Å². The first-order valence-corrected chi connectivity index (χ1v) is 6.45. The van der Waals surface area contributed by atoms with E-state index >= 15 is 0 Å². The van der Waals surface area contributed by atoms with Crippen LogP contribution in [0.4, 0.5) is 0 Å². The minimum Gasteiger partial charge on any atom is -0.477 e. The molecule has 1 aliphatic heterocycles. The number of carbonyl (C=O) groups excluding carboxylic acids is 1. The van der Waals surface area contributed by atoms with Gasteiger partial charge in [0.1, 0.15) is 5.76 Å². The van der Waals surface area contributed by atoms with Gasteiger partial charge < -0.3 is 14.6 Å². The lowest BCUT2D eigenvalue weighted by atomic mass is 9.99. The molecule has 1 aliphatic rings. The number of ether oxygens (including phenoxy) is 2. The van der Waals surface area contributed by atoms with Crippen molar-refractivity contribution in [3.05, 3.63) is 11.3 Å². The van der Waals surface area contributed by atoms with E-state index in [0.717, 1.165) is 0 Å². The fourth-order valence-corrected chi connectivity index (χ4v) is 1.72. The zero-order valence-electron chi connectivity index (χ0n) is 12.9. The zero-order valence-corrected chi connectivity index (χ0v) is 12.9. The summed E-state index contributed by atoms with van der Waals surface area (Å²) in [6.07, 6.45) is -1.09. The Labute approximate surface area is 115 Å². The third-order valence-corrected chi connectivity index (χ3v) is 3.27. The van der Waals surface area contributed by atoms with Crippen molar-refractivity contribution < 1.29 is 19.4 Å². The molecule has 1 amide bonds. The highest BCUT2D eigenvalue weighted by Gasteiger charge is 2.42. The first-order chi connectivity index (χ1) is 8.47. The molecule has 0 radical (unpaired) electrons. The highest BCUT2D eigenvalue weighted by Crippen LogP contribution is 2.28. The van der Waals surface area contributed by atoms with Crippen LogP contribution in [0.5, 0.6) is 0 Å². The average molecular weight is 271 g/mol. The molecule has 1 N–H and O–H groups in total. The van der Waals surface area contributed by atoms with E-state index in [4.69, 9.17) is 9.47 Å². The predicted octanol–water partition coefficient (Wildman–Crippen LogP) is 2.01. The SMILES string of the molecule is CC1=C(C)C(=O)N(C(C)(C)C(O)OC(C)(C)C)CO1. The standard InChI is InChI=1S/C14H25NO4/c1-9-10(2)18-8-15(11(9)16)14(6,7)12(17)19-13(3,4)5/h12,17H,8H2,1-7H3. The lowest BCUT2D eigenvalue weighted by Crippen LogP contribution is -2.59. The van der Waals surface area contributed by atoms with Crippen LogP contribution in [0.1, 0.15) is 48.5 Å². The van der Waals surface area contributed by atoms with Gasteiger partial charge in [0, 0.05) is 0 Å². The second kappa shape index (κ2) is 5.13. The maximum absolute atomic E-state index is 12.3. The second-order valence-corrected chi connectivity index (χ2v) is 6.42. The lowest BCUT2D eigenvalue weighted by Gasteiger charge is -2.44. The van der Waals surface area contributed by atoms with E-state index in [1.54, 1.807) is 27.7 Å². The number of allylic oxidation sites excluding steroid dienone is 1. The van der Waals surface area contributed by atoms with Gasteiger partial charge in [-0.1, -0.05) is 0 Å². The molecule has 0 aliphatic carbocycles. The Morgan fingerprint density at radius 1 is 1.26 bits per heavy atom. The summed E-state index contributed by atoms with van der Waals surface area (Å²) < 4.78 is 11.0. The van der Waals surface area contributed by atoms with Gasteiger partial charge in [-0.05, 0) is 48.5 Å². The summed E-state index contributed by atoms with van der Waals surface area (Å²) in [4.78, 5) is 13.8. The lowest BCUT2D eigenvalue weighted by molar-refractivity contribution is -0.229. The molecule has 1 rings (SSSR count). The number of hydrogen-bond donors (Lipinski definition) is 1. The monoisotopic (exact) mass is 271 g/mol. The van der Waals surface area contributed by atoms with E-state index in [1.807, 2.05) is 20.8 Å². The quantitative estimate of drug-likeness (QED) is 0.798. The Balaban J connectivity index is 2.92. The van der Waals surface area contributed by atoms with Crippen molar-refractivity contribution in [3.63, 3.8) is 0 Å². The second-order valence-electron chi connectivity index (χ2n) is 6.42. The molecular weight excluding hydrogens is 246 g/mol. The summed E-state index contributed by atoms with van der Waals surface area (Å²) in [5.74, 6) is 0.494. The number of amides is 1. The van der Waals surface area contributed by atoms with Crippen LogP contribution in [0.3, 0.4) is 0 Å². The van der Waals surface area contributed by atoms with Crippen molar-refractivity contribution in [1.29, 1.82) is 0 Å². The Morgan fingerprint density at radius 3 is 2.26 bits per heavy atom. The van der Waals surface area contributed by atoms with Gasteiger partial charge in [0.15, 0.2) is 13.0 Å². The Morgan fingerprint density at radius 2 is 1.79 bits per heavy atom. The summed E-state index contributed by atoms with van der Waals surface area (Å²) in [5, 5.41) is 10.2. The van der Waals surface area contributed by atoms with Crippen LogP contribution in [-0.2, 0) is 14.3 Å². The summed E-state index contributed by atoms with van der Waals surface area (Å²) in [6.45, 7) is 12.7. The molecule has 1 heterocycles. The third kappa shape index (κ3) is 3.48. The van der Waals surface area contributed by atoms with Crippen molar-refractivity contribution in [2.45, 2.75) is 65.9 Å². The van der Waals surface area contributed by atoms with E-state index in [2.05, 4.69) is 0 Å². The van der Waals surface area contributed by atoms with Crippen molar-refractivity contribution in [2.24, 2.45) is 0 Å². The van der Waals surface area contributed by atoms with Gasteiger partial charge in [-0.2, -0.15) is 0 Å². The summed E-state index contributed by atoms with van der Waals surface area (Å²) >= 11 is 0. The number of rotatable bonds is 3. The van der Waals surface area contributed by atoms with Crippen LogP contribution in [0.25, 0.3) is 0 Å². The van der Waals surface area contributed by atoms with Crippen LogP contribution in [0.2, 0.25) is 0 Å². The Bertz CT molecular complexity index is 393. The van der Waals surface area contributed by atoms with E-state index in [-0.39, 0.29) is 12.6 Å². The molecule has 0 bridgehead atoms. The largest absolute Gasteiger partial charge is 0.477 e. The van der Waals surface area contributed by atoms with Crippen molar-refractivity contribution in [1.82, 2.24) is 4.90 Å². The normalized spacial score (nSPS) is 19.6. The Hall–Kier alpha value is -1.07. The first-order valence-electron chi connectivity index (χ1n) is 6.45. The molecule has 0 fully saturated rings. The van der Waals surface area contributed by atoms with Crippen LogP contribution in [0, 0.1) is 0 Å². The minimum atomic E-state index is -1.09. The van der Waals surface area contributed by atoms with Crippen LogP contribution in [0.15, 0.2) is 11.3 Å². The van der Waals surface area contributed by atoms with E-state index in [9.17, 15) is 9.90 Å². The number of carbonyl (C=O) groups is 1. The molecule has 0 aromatic rings. The van der Waals surface area contributed by atoms with Crippen LogP contribution < -0.4 is 0 Å². The van der Waals surface area contributed by atoms with Gasteiger partial charge in [0.2, 0.25) is 0 Å². The van der Waals surface area contributed by atoms with E-state index in [1.165, 1.54) is 4.90 Å². The molecule has 0 aromatic heterocycles. The molecule has 1 atom stereocenters. The molecule has 0 saturated carbocycles. The maximum atomic E-state index is 12.3. The van der Waals surface area contributed by atoms with Crippen molar-refractivity contribution >= 4 is 5.91 Å². The van der Waals surface area contributed by atoms with Crippen molar-refractivity contribution in [2.75, 3.05) is 6.73 Å². The van der Waals surface area contributed by atoms with E-state index in [0.29, 0.717) is 11.3 Å². The third-order valence-electron chi connectivity index (χ3n) is 3.27. The van der Waals surface area contributed by atoms with Gasteiger partial charge in [0.25, 0.3) is 5.91 Å². The number of aliphatic hydroxyl groups excluding tert-OH is 1. The molecule has 5 nitrogen and oxygen atoms in total. The molecule has 1 unspecified atom stereocenters. The molecule has 5 heteroatoms. The minimum absolute atomic E-state index is 0.125. The van der Waals surface area contributed by atoms with Crippen LogP contribution in [-0.4, -0.2) is 40.1 Å². The van der Waals surface area contributed by atoms with Gasteiger partial charge in [-0.15, -0.1) is 0 Å². The number of nitrogens with zero attached hydrogens (tertiary/aromatic N) is 1. The summed E-state index contributed by atoms with van der Waals surface area (Å²) in [7, 11) is 0. The first kappa shape index (κ1) is 16.0. The fraction of sp³-hybridized carbons (Fsp3) is 0.786. The zero-order chi connectivity index (χ0) is 15.0. The summed E-state index contributed by atoms with van der Waals surface area (Å²) in [6, 6.07) is 0. The van der Waals surface area contributed by atoms with E-state index < -0.39 is 17.4 Å². The molecule has 19 heavy (non-hydrogen) atoms. The number of aliphatic hydroxyl groups is 1. The molecular formula is C14H25NO4. The highest BCUT2D eigenvalue weighted by molar-refractivity contribution is 5.94. The highest BCUT2D eigenvalue weighted by atomic mass is 16.6.